The third-order valence-corrected chi connectivity index (χ3v) is 5.15. The van der Waals surface area contributed by atoms with Gasteiger partial charge in [0.25, 0.3) is 0 Å². The van der Waals surface area contributed by atoms with E-state index in [1.54, 1.807) is 7.05 Å². The summed E-state index contributed by atoms with van der Waals surface area (Å²) in [7, 11) is 3.19. The lowest BCUT2D eigenvalue weighted by molar-refractivity contribution is -0.143. The Morgan fingerprint density at radius 3 is 2.64 bits per heavy atom. The van der Waals surface area contributed by atoms with E-state index in [4.69, 9.17) is 0 Å². The zero-order chi connectivity index (χ0) is 16.6. The molecule has 0 aliphatic carbocycles. The molecule has 0 spiro atoms. The van der Waals surface area contributed by atoms with E-state index in [9.17, 15) is 13.2 Å². The predicted molar refractivity (Wildman–Crippen MR) is 87.6 cm³/mol. The summed E-state index contributed by atoms with van der Waals surface area (Å²) >= 11 is 1.98. The van der Waals surface area contributed by atoms with Gasteiger partial charge in [0.05, 0.1) is 6.54 Å². The molecule has 130 valence electrons. The molecule has 0 amide bonds. The topological polar surface area (TPSA) is 39.7 Å². The number of halogens is 3. The van der Waals surface area contributed by atoms with Crippen molar-refractivity contribution in [3.63, 3.8) is 0 Å². The van der Waals surface area contributed by atoms with Crippen LogP contribution in [0.3, 0.4) is 0 Å². The average molecular weight is 340 g/mol. The van der Waals surface area contributed by atoms with Crippen molar-refractivity contribution in [3.8, 4) is 0 Å². The Kier molecular flexibility index (Phi) is 7.82. The molecule has 0 bridgehead atoms. The number of aliphatic imine (C=N–C) groups is 1. The minimum Gasteiger partial charge on any atom is -0.356 e. The lowest BCUT2D eigenvalue weighted by Crippen LogP contribution is -2.44. The minimum atomic E-state index is -4.13. The summed E-state index contributed by atoms with van der Waals surface area (Å²) in [5.74, 6) is 1.92. The SMILES string of the molecule is CN=C(NCCCN(C)CC(F)(F)F)NCC1(C)CCCS1. The summed E-state index contributed by atoms with van der Waals surface area (Å²) in [6, 6.07) is 0. The second kappa shape index (κ2) is 8.86. The molecule has 0 aromatic heterocycles. The lowest BCUT2D eigenvalue weighted by atomic mass is 10.1. The van der Waals surface area contributed by atoms with Gasteiger partial charge in [0.15, 0.2) is 5.96 Å². The van der Waals surface area contributed by atoms with Crippen LogP contribution < -0.4 is 10.6 Å². The van der Waals surface area contributed by atoms with Crippen LogP contribution in [-0.2, 0) is 0 Å². The van der Waals surface area contributed by atoms with Crippen molar-refractivity contribution >= 4 is 17.7 Å². The fourth-order valence-electron chi connectivity index (χ4n) is 2.41. The quantitative estimate of drug-likeness (QED) is 0.424. The van der Waals surface area contributed by atoms with Crippen LogP contribution in [0.5, 0.6) is 0 Å². The second-order valence-corrected chi connectivity index (χ2v) is 7.64. The van der Waals surface area contributed by atoms with E-state index in [0.717, 1.165) is 6.54 Å². The van der Waals surface area contributed by atoms with Gasteiger partial charge in [0, 0.05) is 24.9 Å². The Morgan fingerprint density at radius 1 is 1.36 bits per heavy atom. The zero-order valence-corrected chi connectivity index (χ0v) is 14.4. The molecular weight excluding hydrogens is 313 g/mol. The smallest absolute Gasteiger partial charge is 0.356 e. The molecular formula is C14H27F3N4S. The third kappa shape index (κ3) is 8.12. The van der Waals surface area contributed by atoms with E-state index in [-0.39, 0.29) is 4.75 Å². The molecule has 1 rings (SSSR count). The Balaban J connectivity index is 2.16. The highest BCUT2D eigenvalue weighted by Crippen LogP contribution is 2.36. The van der Waals surface area contributed by atoms with E-state index < -0.39 is 12.7 Å². The van der Waals surface area contributed by atoms with Gasteiger partial charge in [0.2, 0.25) is 0 Å². The summed E-state index contributed by atoms with van der Waals surface area (Å²) in [6.45, 7) is 3.24. The van der Waals surface area contributed by atoms with E-state index in [1.165, 1.54) is 30.5 Å². The first-order chi connectivity index (χ1) is 10.2. The molecule has 1 aliphatic rings. The van der Waals surface area contributed by atoms with Gasteiger partial charge in [-0.3, -0.25) is 9.89 Å². The molecule has 0 radical (unpaired) electrons. The summed E-state index contributed by atoms with van der Waals surface area (Å²) in [4.78, 5) is 5.43. The molecule has 22 heavy (non-hydrogen) atoms. The molecule has 4 nitrogen and oxygen atoms in total. The van der Waals surface area contributed by atoms with Crippen molar-refractivity contribution in [2.75, 3.05) is 46.0 Å². The number of nitrogens with zero attached hydrogens (tertiary/aromatic N) is 2. The Labute approximate surface area is 135 Å². The number of guanidine groups is 1. The van der Waals surface area contributed by atoms with Gasteiger partial charge in [-0.25, -0.2) is 0 Å². The lowest BCUT2D eigenvalue weighted by Gasteiger charge is -2.24. The minimum absolute atomic E-state index is 0.255. The van der Waals surface area contributed by atoms with Crippen LogP contribution in [0.25, 0.3) is 0 Å². The first kappa shape index (κ1) is 19.4. The van der Waals surface area contributed by atoms with Gasteiger partial charge >= 0.3 is 6.18 Å². The maximum atomic E-state index is 12.2. The largest absolute Gasteiger partial charge is 0.401 e. The Bertz CT molecular complexity index is 354. The standard InChI is InChI=1S/C14H27F3N4S/c1-13(6-4-9-22-13)10-20-12(18-2)19-7-5-8-21(3)11-14(15,16)17/h4-11H2,1-3H3,(H2,18,19,20). The maximum Gasteiger partial charge on any atom is 0.401 e. The number of hydrogen-bond acceptors (Lipinski definition) is 3. The van der Waals surface area contributed by atoms with Crippen molar-refractivity contribution in [1.29, 1.82) is 0 Å². The normalized spacial score (nSPS) is 23.1. The van der Waals surface area contributed by atoms with Crippen molar-refractivity contribution in [2.45, 2.75) is 37.1 Å². The van der Waals surface area contributed by atoms with E-state index >= 15 is 0 Å². The second-order valence-electron chi connectivity index (χ2n) is 5.96. The summed E-state index contributed by atoms with van der Waals surface area (Å²) < 4.78 is 36.8. The zero-order valence-electron chi connectivity index (χ0n) is 13.6. The Morgan fingerprint density at radius 2 is 2.09 bits per heavy atom. The predicted octanol–water partition coefficient (Wildman–Crippen LogP) is 2.32. The van der Waals surface area contributed by atoms with Crippen LogP contribution in [0.15, 0.2) is 4.99 Å². The highest BCUT2D eigenvalue weighted by atomic mass is 32.2. The van der Waals surface area contributed by atoms with Crippen LogP contribution in [0.2, 0.25) is 0 Å². The number of hydrogen-bond donors (Lipinski definition) is 2. The molecule has 0 aromatic carbocycles. The van der Waals surface area contributed by atoms with Gasteiger partial charge in [0.1, 0.15) is 0 Å². The maximum absolute atomic E-state index is 12.2. The number of alkyl halides is 3. The van der Waals surface area contributed by atoms with Crippen LogP contribution in [0.4, 0.5) is 13.2 Å². The summed E-state index contributed by atoms with van der Waals surface area (Å²) in [6.07, 6.45) is -1.04. The van der Waals surface area contributed by atoms with E-state index in [2.05, 4.69) is 22.5 Å². The van der Waals surface area contributed by atoms with Gasteiger partial charge in [-0.1, -0.05) is 0 Å². The Hall–Kier alpha value is -0.630. The van der Waals surface area contributed by atoms with Crippen LogP contribution >= 0.6 is 11.8 Å². The summed E-state index contributed by atoms with van der Waals surface area (Å²) in [5.41, 5.74) is 0. The number of thioether (sulfide) groups is 1. The summed E-state index contributed by atoms with van der Waals surface area (Å²) in [5, 5.41) is 6.45. The molecule has 0 saturated carbocycles. The van der Waals surface area contributed by atoms with Gasteiger partial charge in [-0.05, 0) is 45.5 Å². The molecule has 0 aromatic rings. The van der Waals surface area contributed by atoms with Crippen molar-refractivity contribution in [3.05, 3.63) is 0 Å². The molecule has 1 saturated heterocycles. The first-order valence-corrected chi connectivity index (χ1v) is 8.56. The first-order valence-electron chi connectivity index (χ1n) is 7.58. The van der Waals surface area contributed by atoms with Gasteiger partial charge in [-0.15, -0.1) is 0 Å². The molecule has 1 unspecified atom stereocenters. The van der Waals surface area contributed by atoms with Crippen molar-refractivity contribution in [2.24, 2.45) is 4.99 Å². The van der Waals surface area contributed by atoms with E-state index in [1.807, 2.05) is 11.8 Å². The molecule has 1 heterocycles. The fraction of sp³-hybridized carbons (Fsp3) is 0.929. The number of nitrogens with one attached hydrogen (secondary N) is 2. The number of rotatable bonds is 7. The molecule has 1 fully saturated rings. The van der Waals surface area contributed by atoms with Crippen LogP contribution in [-0.4, -0.2) is 67.8 Å². The monoisotopic (exact) mass is 340 g/mol. The van der Waals surface area contributed by atoms with Gasteiger partial charge < -0.3 is 10.6 Å². The molecule has 1 atom stereocenters. The fourth-order valence-corrected chi connectivity index (χ4v) is 3.65. The van der Waals surface area contributed by atoms with E-state index in [0.29, 0.717) is 25.5 Å². The molecule has 8 heteroatoms. The van der Waals surface area contributed by atoms with Crippen molar-refractivity contribution in [1.82, 2.24) is 15.5 Å². The van der Waals surface area contributed by atoms with Gasteiger partial charge in [-0.2, -0.15) is 24.9 Å². The average Bonchev–Trinajstić information content (AvgIpc) is 2.83. The molecule has 2 N–H and O–H groups in total. The molecule has 1 aliphatic heterocycles. The van der Waals surface area contributed by atoms with Crippen molar-refractivity contribution < 1.29 is 13.2 Å². The van der Waals surface area contributed by atoms with Crippen LogP contribution in [0.1, 0.15) is 26.2 Å². The highest BCUT2D eigenvalue weighted by Gasteiger charge is 2.30. The third-order valence-electron chi connectivity index (χ3n) is 3.61. The van der Waals surface area contributed by atoms with Crippen LogP contribution in [0, 0.1) is 0 Å². The highest BCUT2D eigenvalue weighted by molar-refractivity contribution is 8.00.